The van der Waals surface area contributed by atoms with Gasteiger partial charge in [-0.2, -0.15) is 0 Å². The molecule has 2 nitrogen and oxygen atoms in total. The largest absolute Gasteiger partial charge is 0.314 e. The van der Waals surface area contributed by atoms with E-state index in [2.05, 4.69) is 12.2 Å². The third-order valence-electron chi connectivity index (χ3n) is 5.67. The Labute approximate surface area is 118 Å². The van der Waals surface area contributed by atoms with Crippen molar-refractivity contribution in [1.82, 2.24) is 5.32 Å². The Morgan fingerprint density at radius 2 is 1.89 bits per heavy atom. The lowest BCUT2D eigenvalue weighted by Gasteiger charge is -2.38. The Bertz CT molecular complexity index is 294. The van der Waals surface area contributed by atoms with Crippen LogP contribution >= 0.6 is 0 Å². The number of carbonyl (C=O) groups is 1. The number of nitrogens with one attached hydrogen (secondary N) is 1. The molecule has 2 unspecified atom stereocenters. The van der Waals surface area contributed by atoms with Crippen LogP contribution in [0.15, 0.2) is 0 Å². The zero-order chi connectivity index (χ0) is 13.7. The van der Waals surface area contributed by atoms with Gasteiger partial charge in [-0.15, -0.1) is 0 Å². The van der Waals surface area contributed by atoms with E-state index in [1.807, 2.05) is 7.05 Å². The van der Waals surface area contributed by atoms with Gasteiger partial charge in [-0.05, 0) is 38.6 Å². The van der Waals surface area contributed by atoms with Crippen molar-refractivity contribution < 1.29 is 4.79 Å². The average molecular weight is 265 g/mol. The molecule has 2 rings (SSSR count). The molecule has 110 valence electrons. The molecule has 2 saturated carbocycles. The van der Waals surface area contributed by atoms with Gasteiger partial charge in [-0.3, -0.25) is 4.79 Å². The number of rotatable bonds is 5. The first kappa shape index (κ1) is 15.0. The molecule has 2 fully saturated rings. The predicted molar refractivity (Wildman–Crippen MR) is 80.2 cm³/mol. The van der Waals surface area contributed by atoms with E-state index in [-0.39, 0.29) is 5.54 Å². The highest BCUT2D eigenvalue weighted by Crippen LogP contribution is 2.36. The zero-order valence-corrected chi connectivity index (χ0v) is 12.8. The van der Waals surface area contributed by atoms with Crippen molar-refractivity contribution in [2.75, 3.05) is 7.05 Å². The molecule has 0 bridgehead atoms. The van der Waals surface area contributed by atoms with Gasteiger partial charge in [0.1, 0.15) is 5.78 Å². The first-order valence-electron chi connectivity index (χ1n) is 8.41. The molecular weight excluding hydrogens is 234 g/mol. The molecule has 19 heavy (non-hydrogen) atoms. The Morgan fingerprint density at radius 1 is 1.16 bits per heavy atom. The minimum atomic E-state index is 0.133. The van der Waals surface area contributed by atoms with E-state index in [1.54, 1.807) is 0 Å². The van der Waals surface area contributed by atoms with Crippen LogP contribution in [-0.2, 0) is 4.79 Å². The molecule has 0 heterocycles. The number of hydrogen-bond donors (Lipinski definition) is 1. The summed E-state index contributed by atoms with van der Waals surface area (Å²) >= 11 is 0. The molecule has 0 spiro atoms. The second-order valence-electron chi connectivity index (χ2n) is 6.87. The highest BCUT2D eigenvalue weighted by molar-refractivity contribution is 5.82. The maximum atomic E-state index is 12.7. The standard InChI is InChI=1S/C17H31NO/c1-3-14-8-7-9-15(12-14)16(19)13-17(18-2)10-5-4-6-11-17/h14-15,18H,3-13H2,1-2H3. The van der Waals surface area contributed by atoms with Gasteiger partial charge in [0, 0.05) is 17.9 Å². The fourth-order valence-electron chi connectivity index (χ4n) is 4.18. The summed E-state index contributed by atoms with van der Waals surface area (Å²) in [5, 5.41) is 3.49. The summed E-state index contributed by atoms with van der Waals surface area (Å²) in [5.41, 5.74) is 0.133. The molecule has 0 aromatic carbocycles. The second kappa shape index (κ2) is 6.88. The Balaban J connectivity index is 1.91. The van der Waals surface area contributed by atoms with Crippen molar-refractivity contribution in [2.45, 2.75) is 83.1 Å². The van der Waals surface area contributed by atoms with Crippen molar-refractivity contribution in [2.24, 2.45) is 11.8 Å². The molecule has 0 saturated heterocycles. The van der Waals surface area contributed by atoms with E-state index >= 15 is 0 Å². The fourth-order valence-corrected chi connectivity index (χ4v) is 4.18. The van der Waals surface area contributed by atoms with Crippen molar-refractivity contribution in [3.05, 3.63) is 0 Å². The molecule has 0 aromatic rings. The normalized spacial score (nSPS) is 31.1. The highest BCUT2D eigenvalue weighted by atomic mass is 16.1. The summed E-state index contributed by atoms with van der Waals surface area (Å²) in [7, 11) is 2.05. The van der Waals surface area contributed by atoms with Gasteiger partial charge >= 0.3 is 0 Å². The first-order valence-corrected chi connectivity index (χ1v) is 8.41. The molecule has 2 aliphatic rings. The lowest BCUT2D eigenvalue weighted by atomic mass is 9.72. The Morgan fingerprint density at radius 3 is 2.53 bits per heavy atom. The van der Waals surface area contributed by atoms with Gasteiger partial charge in [0.05, 0.1) is 0 Å². The number of Topliss-reactive ketones (excluding diaryl/α,β-unsaturated/α-hetero) is 1. The highest BCUT2D eigenvalue weighted by Gasteiger charge is 2.35. The van der Waals surface area contributed by atoms with Gasteiger partial charge < -0.3 is 5.32 Å². The van der Waals surface area contributed by atoms with Crippen LogP contribution in [0.4, 0.5) is 0 Å². The number of hydrogen-bond acceptors (Lipinski definition) is 2. The Kier molecular flexibility index (Phi) is 5.44. The first-order chi connectivity index (χ1) is 9.19. The van der Waals surface area contributed by atoms with Crippen LogP contribution in [0.2, 0.25) is 0 Å². The van der Waals surface area contributed by atoms with Gasteiger partial charge in [0.15, 0.2) is 0 Å². The van der Waals surface area contributed by atoms with Gasteiger partial charge in [0.2, 0.25) is 0 Å². The summed E-state index contributed by atoms with van der Waals surface area (Å²) in [6, 6.07) is 0. The number of carbonyl (C=O) groups excluding carboxylic acids is 1. The van der Waals surface area contributed by atoms with E-state index in [4.69, 9.17) is 0 Å². The topological polar surface area (TPSA) is 29.1 Å². The molecule has 2 atom stereocenters. The van der Waals surface area contributed by atoms with E-state index in [0.29, 0.717) is 11.7 Å². The minimum absolute atomic E-state index is 0.133. The van der Waals surface area contributed by atoms with Crippen LogP contribution in [0.3, 0.4) is 0 Å². The predicted octanol–water partition coefficient (Wildman–Crippen LogP) is 4.08. The van der Waals surface area contributed by atoms with E-state index in [0.717, 1.165) is 25.2 Å². The summed E-state index contributed by atoms with van der Waals surface area (Å²) in [5.74, 6) is 1.72. The third kappa shape index (κ3) is 3.81. The van der Waals surface area contributed by atoms with Gasteiger partial charge in [-0.25, -0.2) is 0 Å². The number of ketones is 1. The molecule has 2 heteroatoms. The lowest BCUT2D eigenvalue weighted by Crippen LogP contribution is -2.47. The van der Waals surface area contributed by atoms with E-state index in [9.17, 15) is 4.79 Å². The van der Waals surface area contributed by atoms with Crippen LogP contribution in [-0.4, -0.2) is 18.4 Å². The van der Waals surface area contributed by atoms with Crippen molar-refractivity contribution >= 4 is 5.78 Å². The molecule has 2 aliphatic carbocycles. The molecule has 1 N–H and O–H groups in total. The SMILES string of the molecule is CCC1CCCC(C(=O)CC2(NC)CCCCC2)C1. The summed E-state index contributed by atoms with van der Waals surface area (Å²) in [6.07, 6.45) is 13.3. The van der Waals surface area contributed by atoms with Gasteiger partial charge in [-0.1, -0.05) is 45.4 Å². The summed E-state index contributed by atoms with van der Waals surface area (Å²) in [4.78, 5) is 12.7. The zero-order valence-electron chi connectivity index (χ0n) is 12.8. The summed E-state index contributed by atoms with van der Waals surface area (Å²) in [6.45, 7) is 2.27. The van der Waals surface area contributed by atoms with Crippen molar-refractivity contribution in [1.29, 1.82) is 0 Å². The monoisotopic (exact) mass is 265 g/mol. The van der Waals surface area contributed by atoms with E-state index in [1.165, 1.54) is 51.4 Å². The maximum Gasteiger partial charge on any atom is 0.137 e. The van der Waals surface area contributed by atoms with Crippen LogP contribution in [0.25, 0.3) is 0 Å². The molecule has 0 aliphatic heterocycles. The van der Waals surface area contributed by atoms with Crippen molar-refractivity contribution in [3.63, 3.8) is 0 Å². The fraction of sp³-hybridized carbons (Fsp3) is 0.941. The van der Waals surface area contributed by atoms with E-state index < -0.39 is 0 Å². The summed E-state index contributed by atoms with van der Waals surface area (Å²) < 4.78 is 0. The Hall–Kier alpha value is -0.370. The quantitative estimate of drug-likeness (QED) is 0.811. The van der Waals surface area contributed by atoms with Crippen LogP contribution in [0.1, 0.15) is 77.6 Å². The molecule has 0 radical (unpaired) electrons. The average Bonchev–Trinajstić information content (AvgIpc) is 2.48. The lowest BCUT2D eigenvalue weighted by molar-refractivity contribution is -0.126. The second-order valence-corrected chi connectivity index (χ2v) is 6.87. The van der Waals surface area contributed by atoms with Crippen LogP contribution < -0.4 is 5.32 Å². The van der Waals surface area contributed by atoms with Crippen LogP contribution in [0.5, 0.6) is 0 Å². The third-order valence-corrected chi connectivity index (χ3v) is 5.67. The maximum absolute atomic E-state index is 12.7. The smallest absolute Gasteiger partial charge is 0.137 e. The molecule has 0 aromatic heterocycles. The molecular formula is C17H31NO. The van der Waals surface area contributed by atoms with Crippen LogP contribution in [0, 0.1) is 11.8 Å². The minimum Gasteiger partial charge on any atom is -0.314 e. The van der Waals surface area contributed by atoms with Crippen molar-refractivity contribution in [3.8, 4) is 0 Å². The molecule has 0 amide bonds. The van der Waals surface area contributed by atoms with Gasteiger partial charge in [0.25, 0.3) is 0 Å².